The van der Waals surface area contributed by atoms with Crippen LogP contribution in [0.25, 0.3) is 5.57 Å². The van der Waals surface area contributed by atoms with E-state index in [1.807, 2.05) is 30.5 Å². The highest BCUT2D eigenvalue weighted by Gasteiger charge is 2.26. The van der Waals surface area contributed by atoms with Gasteiger partial charge in [-0.3, -0.25) is 9.78 Å². The number of carbonyl (C=O) groups excluding carboxylic acids is 1. The van der Waals surface area contributed by atoms with Crippen molar-refractivity contribution in [2.45, 2.75) is 52.0 Å². The molecule has 2 aliphatic rings. The molecule has 0 unspecified atom stereocenters. The number of hydrogen-bond acceptors (Lipinski definition) is 5. The van der Waals surface area contributed by atoms with Crippen molar-refractivity contribution < 1.29 is 9.53 Å². The van der Waals surface area contributed by atoms with Crippen molar-refractivity contribution in [3.63, 3.8) is 0 Å². The monoisotopic (exact) mass is 437 g/mol. The van der Waals surface area contributed by atoms with Gasteiger partial charge in [-0.15, -0.1) is 0 Å². The lowest BCUT2D eigenvalue weighted by atomic mass is 9.79. The molecule has 1 aliphatic carbocycles. The third kappa shape index (κ3) is 5.29. The molecule has 2 heterocycles. The average Bonchev–Trinajstić information content (AvgIpc) is 2.82. The molecule has 0 saturated heterocycles. The maximum absolute atomic E-state index is 12.7. The Hall–Kier alpha value is -2.34. The number of fused-ring (bicyclic) bond motifs is 1. The first kappa shape index (κ1) is 21.9. The van der Waals surface area contributed by atoms with Gasteiger partial charge in [0, 0.05) is 30.0 Å². The molecule has 1 amide bonds. The van der Waals surface area contributed by atoms with Crippen LogP contribution in [0.5, 0.6) is 5.75 Å². The first-order chi connectivity index (χ1) is 15.2. The lowest BCUT2D eigenvalue weighted by Gasteiger charge is -2.28. The summed E-state index contributed by atoms with van der Waals surface area (Å²) >= 11 is 1.63. The van der Waals surface area contributed by atoms with Gasteiger partial charge in [0.05, 0.1) is 12.5 Å². The van der Waals surface area contributed by atoms with Gasteiger partial charge in [-0.05, 0) is 86.6 Å². The van der Waals surface area contributed by atoms with Crippen LogP contribution in [0.2, 0.25) is 0 Å². The average molecular weight is 438 g/mol. The number of para-hydroxylation sites is 1. The summed E-state index contributed by atoms with van der Waals surface area (Å²) in [5.74, 6) is 2.75. The number of aryl methyl sites for hydroxylation is 1. The Morgan fingerprint density at radius 1 is 1.16 bits per heavy atom. The van der Waals surface area contributed by atoms with E-state index in [9.17, 15) is 4.79 Å². The van der Waals surface area contributed by atoms with E-state index in [-0.39, 0.29) is 11.8 Å². The second-order valence-corrected chi connectivity index (χ2v) is 9.33. The van der Waals surface area contributed by atoms with Crippen molar-refractivity contribution in [1.29, 1.82) is 0 Å². The number of hydrogen-bond donors (Lipinski definition) is 1. The molecule has 1 fully saturated rings. The highest BCUT2D eigenvalue weighted by Crippen LogP contribution is 2.31. The summed E-state index contributed by atoms with van der Waals surface area (Å²) in [6.07, 6.45) is 8.32. The molecule has 1 N–H and O–H groups in total. The summed E-state index contributed by atoms with van der Waals surface area (Å²) in [5.41, 5.74) is 3.65. The molecule has 1 aromatic carbocycles. The van der Waals surface area contributed by atoms with E-state index >= 15 is 0 Å². The summed E-state index contributed by atoms with van der Waals surface area (Å²) in [7, 11) is 1.66. The molecular weight excluding hydrogens is 406 g/mol. The van der Waals surface area contributed by atoms with E-state index in [1.54, 1.807) is 19.1 Å². The van der Waals surface area contributed by atoms with Crippen molar-refractivity contribution in [3.05, 3.63) is 58.4 Å². The maximum atomic E-state index is 12.7. The van der Waals surface area contributed by atoms with Gasteiger partial charge in [-0.2, -0.15) is 0 Å². The Morgan fingerprint density at radius 3 is 2.77 bits per heavy atom. The van der Waals surface area contributed by atoms with Gasteiger partial charge in [0.25, 0.3) is 0 Å². The zero-order valence-corrected chi connectivity index (χ0v) is 19.2. The Balaban J connectivity index is 1.26. The number of methoxy groups -OCH3 is 1. The molecule has 0 radical (unpaired) electrons. The normalized spacial score (nSPS) is 20.5. The minimum Gasteiger partial charge on any atom is -0.496 e. The van der Waals surface area contributed by atoms with Crippen LogP contribution in [-0.2, 0) is 17.8 Å². The van der Waals surface area contributed by atoms with Gasteiger partial charge in [0.1, 0.15) is 11.1 Å². The standard InChI is InChI=1S/C25H31N3O2S/c1-17-16-31-28-24-19(13-14-26-23(17)24)10-7-18-8-11-20(12-9-18)25(29)27-15-21-5-3-4-6-22(21)30-2/h3-6,13-14,18,20H,7-12,15-16H2,1-2H3,(H,27,29). The van der Waals surface area contributed by atoms with E-state index in [0.717, 1.165) is 66.3 Å². The van der Waals surface area contributed by atoms with Gasteiger partial charge in [-0.25, -0.2) is 4.40 Å². The van der Waals surface area contributed by atoms with E-state index < -0.39 is 0 Å². The zero-order chi connectivity index (χ0) is 21.6. The number of nitrogens with one attached hydrogen (secondary N) is 1. The molecule has 4 rings (SSSR count). The van der Waals surface area contributed by atoms with Gasteiger partial charge in [0.2, 0.25) is 5.91 Å². The number of ether oxygens (including phenoxy) is 1. The quantitative estimate of drug-likeness (QED) is 0.673. The number of rotatable bonds is 7. The predicted octanol–water partition coefficient (Wildman–Crippen LogP) is 3.60. The number of benzene rings is 1. The van der Waals surface area contributed by atoms with Crippen LogP contribution in [0.3, 0.4) is 0 Å². The molecule has 6 heteroatoms. The minimum absolute atomic E-state index is 0.128. The van der Waals surface area contributed by atoms with Crippen LogP contribution in [0.15, 0.2) is 40.9 Å². The molecule has 0 bridgehead atoms. The number of nitrogens with zero attached hydrogens (tertiary/aromatic N) is 2. The van der Waals surface area contributed by atoms with Gasteiger partial charge >= 0.3 is 0 Å². The van der Waals surface area contributed by atoms with Crippen molar-refractivity contribution >= 4 is 23.4 Å². The zero-order valence-electron chi connectivity index (χ0n) is 18.4. The lowest BCUT2D eigenvalue weighted by Crippen LogP contribution is -2.36. The van der Waals surface area contributed by atoms with Crippen molar-refractivity contribution in [2.24, 2.45) is 16.2 Å². The molecule has 1 aromatic heterocycles. The largest absolute Gasteiger partial charge is 0.496 e. The molecule has 164 valence electrons. The van der Waals surface area contributed by atoms with E-state index in [1.165, 1.54) is 11.1 Å². The van der Waals surface area contributed by atoms with E-state index in [4.69, 9.17) is 4.74 Å². The molecule has 1 saturated carbocycles. The Labute approximate surface area is 188 Å². The molecule has 2 aromatic rings. The Morgan fingerprint density at radius 2 is 1.97 bits per heavy atom. The van der Waals surface area contributed by atoms with Crippen LogP contribution >= 0.6 is 11.9 Å². The minimum atomic E-state index is 0.128. The number of aromatic nitrogens is 1. The Bertz CT molecular complexity index is 1040. The fraction of sp³-hybridized carbons (Fsp3) is 0.480. The number of amides is 1. The maximum Gasteiger partial charge on any atom is 0.223 e. The number of pyridine rings is 1. The Kier molecular flexibility index (Phi) is 7.28. The van der Waals surface area contributed by atoms with E-state index in [2.05, 4.69) is 27.7 Å². The third-order valence-corrected chi connectivity index (χ3v) is 7.41. The van der Waals surface area contributed by atoms with Gasteiger partial charge in [0.15, 0.2) is 0 Å². The molecule has 0 spiro atoms. The first-order valence-corrected chi connectivity index (χ1v) is 12.1. The van der Waals surface area contributed by atoms with Crippen molar-refractivity contribution in [1.82, 2.24) is 10.3 Å². The predicted molar refractivity (Wildman–Crippen MR) is 125 cm³/mol. The first-order valence-electron chi connectivity index (χ1n) is 11.2. The second kappa shape index (κ2) is 10.3. The summed E-state index contributed by atoms with van der Waals surface area (Å²) in [5, 5.41) is 5.27. The fourth-order valence-electron chi connectivity index (χ4n) is 4.62. The molecule has 1 aliphatic heterocycles. The summed E-state index contributed by atoms with van der Waals surface area (Å²) in [4.78, 5) is 17.2. The second-order valence-electron chi connectivity index (χ2n) is 8.60. The van der Waals surface area contributed by atoms with Crippen LogP contribution < -0.4 is 20.8 Å². The van der Waals surface area contributed by atoms with Gasteiger partial charge in [-0.1, -0.05) is 18.2 Å². The van der Waals surface area contributed by atoms with Gasteiger partial charge < -0.3 is 10.1 Å². The summed E-state index contributed by atoms with van der Waals surface area (Å²) < 4.78 is 10.0. The van der Waals surface area contributed by atoms with Crippen LogP contribution in [-0.4, -0.2) is 23.8 Å². The highest BCUT2D eigenvalue weighted by molar-refractivity contribution is 7.98. The van der Waals surface area contributed by atoms with Crippen LogP contribution in [0, 0.1) is 11.8 Å². The highest BCUT2D eigenvalue weighted by atomic mass is 32.2. The van der Waals surface area contributed by atoms with Crippen LogP contribution in [0.4, 0.5) is 0 Å². The number of carbonyl (C=O) groups is 1. The smallest absolute Gasteiger partial charge is 0.223 e. The van der Waals surface area contributed by atoms with E-state index in [0.29, 0.717) is 12.5 Å². The summed E-state index contributed by atoms with van der Waals surface area (Å²) in [6, 6.07) is 9.97. The van der Waals surface area contributed by atoms with Crippen molar-refractivity contribution in [2.75, 3.05) is 12.9 Å². The van der Waals surface area contributed by atoms with Crippen molar-refractivity contribution in [3.8, 4) is 5.75 Å². The topological polar surface area (TPSA) is 63.6 Å². The third-order valence-electron chi connectivity index (χ3n) is 6.53. The molecule has 5 nitrogen and oxygen atoms in total. The molecule has 31 heavy (non-hydrogen) atoms. The van der Waals surface area contributed by atoms with Crippen LogP contribution in [0.1, 0.15) is 50.2 Å². The molecular formula is C25H31N3O2S. The fourth-order valence-corrected chi connectivity index (χ4v) is 5.35. The lowest BCUT2D eigenvalue weighted by molar-refractivity contribution is -0.126. The summed E-state index contributed by atoms with van der Waals surface area (Å²) in [6.45, 7) is 2.67. The SMILES string of the molecule is COc1ccccc1CNC(=O)C1CCC(CCc2ccnc3c2=NSCC=3C)CC1. The molecule has 0 atom stereocenters.